The second-order valence-electron chi connectivity index (χ2n) is 6.96. The van der Waals surface area contributed by atoms with Crippen LogP contribution in [-0.4, -0.2) is 27.0 Å². The summed E-state index contributed by atoms with van der Waals surface area (Å²) >= 11 is 12.0. The summed E-state index contributed by atoms with van der Waals surface area (Å²) in [6, 6.07) is 11.8. The summed E-state index contributed by atoms with van der Waals surface area (Å²) < 4.78 is 5.27. The number of halogens is 2. The van der Waals surface area contributed by atoms with E-state index in [1.807, 2.05) is 31.2 Å². The standard InChI is InChI=1S/C20H16Cl2N4O3/c1-11-3-5-12(6-4-11)17-23-16(25-29-17)10-26-18(27)20(2,24-19(26)28)13-7-8-14(21)15(22)9-13/h3-9H,10H2,1-2H3,(H,24,28). The molecule has 29 heavy (non-hydrogen) atoms. The van der Waals surface area contributed by atoms with Gasteiger partial charge in [-0.05, 0) is 43.7 Å². The van der Waals surface area contributed by atoms with Gasteiger partial charge in [0.2, 0.25) is 0 Å². The number of hydrogen-bond acceptors (Lipinski definition) is 5. The number of imide groups is 1. The van der Waals surface area contributed by atoms with Crippen molar-refractivity contribution in [2.45, 2.75) is 25.9 Å². The fourth-order valence-electron chi connectivity index (χ4n) is 3.12. The molecule has 0 saturated carbocycles. The number of amides is 3. The maximum atomic E-state index is 13.0. The molecule has 0 bridgehead atoms. The Hall–Kier alpha value is -2.90. The fraction of sp³-hybridized carbons (Fsp3) is 0.200. The molecule has 1 N–H and O–H groups in total. The number of hydrogen-bond donors (Lipinski definition) is 1. The van der Waals surface area contributed by atoms with E-state index in [0.717, 1.165) is 16.0 Å². The number of nitrogens with one attached hydrogen (secondary N) is 1. The summed E-state index contributed by atoms with van der Waals surface area (Å²) in [7, 11) is 0. The molecule has 2 heterocycles. The van der Waals surface area contributed by atoms with Gasteiger partial charge in [0.05, 0.1) is 16.6 Å². The predicted molar refractivity (Wildman–Crippen MR) is 107 cm³/mol. The van der Waals surface area contributed by atoms with Gasteiger partial charge in [-0.15, -0.1) is 0 Å². The van der Waals surface area contributed by atoms with Crippen LogP contribution in [0.1, 0.15) is 23.9 Å². The molecule has 3 aromatic rings. The third-order valence-electron chi connectivity index (χ3n) is 4.84. The molecule has 0 spiro atoms. The Balaban J connectivity index is 1.57. The Morgan fingerprint density at radius 3 is 2.52 bits per heavy atom. The lowest BCUT2D eigenvalue weighted by Crippen LogP contribution is -2.40. The van der Waals surface area contributed by atoms with Gasteiger partial charge in [-0.1, -0.05) is 52.1 Å². The lowest BCUT2D eigenvalue weighted by atomic mass is 9.92. The highest BCUT2D eigenvalue weighted by atomic mass is 35.5. The van der Waals surface area contributed by atoms with Crippen molar-refractivity contribution in [2.75, 3.05) is 0 Å². The first-order chi connectivity index (χ1) is 13.8. The first kappa shape index (κ1) is 19.4. The first-order valence-electron chi connectivity index (χ1n) is 8.77. The maximum Gasteiger partial charge on any atom is 0.325 e. The van der Waals surface area contributed by atoms with Crippen LogP contribution in [0.4, 0.5) is 4.79 Å². The van der Waals surface area contributed by atoms with Crippen molar-refractivity contribution in [1.82, 2.24) is 20.4 Å². The minimum absolute atomic E-state index is 0.114. The van der Waals surface area contributed by atoms with Gasteiger partial charge in [0.15, 0.2) is 5.82 Å². The Morgan fingerprint density at radius 2 is 1.83 bits per heavy atom. The van der Waals surface area contributed by atoms with Crippen molar-refractivity contribution < 1.29 is 14.1 Å². The highest BCUT2D eigenvalue weighted by molar-refractivity contribution is 6.42. The molecule has 1 saturated heterocycles. The molecule has 4 rings (SSSR count). The van der Waals surface area contributed by atoms with E-state index in [0.29, 0.717) is 21.5 Å². The third kappa shape index (κ3) is 3.47. The van der Waals surface area contributed by atoms with Crippen molar-refractivity contribution in [3.8, 4) is 11.5 Å². The average molecular weight is 431 g/mol. The number of urea groups is 1. The Morgan fingerprint density at radius 1 is 1.10 bits per heavy atom. The van der Waals surface area contributed by atoms with Crippen LogP contribution in [0.2, 0.25) is 10.0 Å². The van der Waals surface area contributed by atoms with E-state index in [1.165, 1.54) is 0 Å². The molecule has 1 aromatic heterocycles. The highest BCUT2D eigenvalue weighted by Gasteiger charge is 2.49. The lowest BCUT2D eigenvalue weighted by Gasteiger charge is -2.22. The summed E-state index contributed by atoms with van der Waals surface area (Å²) in [5.41, 5.74) is 1.12. The van der Waals surface area contributed by atoms with Crippen molar-refractivity contribution in [1.29, 1.82) is 0 Å². The van der Waals surface area contributed by atoms with Gasteiger partial charge in [0.25, 0.3) is 11.8 Å². The highest BCUT2D eigenvalue weighted by Crippen LogP contribution is 2.33. The summed E-state index contributed by atoms with van der Waals surface area (Å²) in [4.78, 5) is 30.9. The summed E-state index contributed by atoms with van der Waals surface area (Å²) in [6.07, 6.45) is 0. The summed E-state index contributed by atoms with van der Waals surface area (Å²) in [5.74, 6) is 0.101. The molecular formula is C20H16Cl2N4O3. The van der Waals surface area contributed by atoms with Gasteiger partial charge in [-0.25, -0.2) is 4.79 Å². The fourth-order valence-corrected chi connectivity index (χ4v) is 3.41. The van der Waals surface area contributed by atoms with E-state index in [4.69, 9.17) is 27.7 Å². The largest absolute Gasteiger partial charge is 0.334 e. The zero-order chi connectivity index (χ0) is 20.8. The number of aryl methyl sites for hydroxylation is 1. The van der Waals surface area contributed by atoms with Crippen LogP contribution in [0.15, 0.2) is 47.0 Å². The zero-order valence-electron chi connectivity index (χ0n) is 15.6. The van der Waals surface area contributed by atoms with E-state index in [-0.39, 0.29) is 12.4 Å². The number of aromatic nitrogens is 2. The second-order valence-corrected chi connectivity index (χ2v) is 7.77. The van der Waals surface area contributed by atoms with Gasteiger partial charge in [0.1, 0.15) is 5.54 Å². The van der Waals surface area contributed by atoms with Crippen LogP contribution < -0.4 is 5.32 Å². The van der Waals surface area contributed by atoms with Crippen LogP contribution in [0.3, 0.4) is 0 Å². The number of nitrogens with zero attached hydrogens (tertiary/aromatic N) is 3. The van der Waals surface area contributed by atoms with Crippen LogP contribution in [0, 0.1) is 6.92 Å². The van der Waals surface area contributed by atoms with Crippen molar-refractivity contribution >= 4 is 35.1 Å². The molecule has 1 aliphatic heterocycles. The van der Waals surface area contributed by atoms with Crippen LogP contribution >= 0.6 is 23.2 Å². The Kier molecular flexibility index (Phi) is 4.80. The molecule has 7 nitrogen and oxygen atoms in total. The SMILES string of the molecule is Cc1ccc(-c2nc(CN3C(=O)NC(C)(c4ccc(Cl)c(Cl)c4)C3=O)no2)cc1. The number of benzene rings is 2. The molecule has 2 aromatic carbocycles. The first-order valence-corrected chi connectivity index (χ1v) is 9.53. The van der Waals surface area contributed by atoms with Gasteiger partial charge in [-0.3, -0.25) is 9.69 Å². The number of carbonyl (C=O) groups excluding carboxylic acids is 2. The predicted octanol–water partition coefficient (Wildman–Crippen LogP) is 4.32. The molecule has 0 aliphatic carbocycles. The Labute approximate surface area is 176 Å². The van der Waals surface area contributed by atoms with Crippen LogP contribution in [-0.2, 0) is 16.9 Å². The van der Waals surface area contributed by atoms with Gasteiger partial charge >= 0.3 is 6.03 Å². The smallest absolute Gasteiger partial charge is 0.325 e. The lowest BCUT2D eigenvalue weighted by molar-refractivity contribution is -0.131. The Bertz CT molecular complexity index is 1110. The van der Waals surface area contributed by atoms with Crippen molar-refractivity contribution in [2.24, 2.45) is 0 Å². The minimum Gasteiger partial charge on any atom is -0.334 e. The van der Waals surface area contributed by atoms with E-state index in [9.17, 15) is 9.59 Å². The quantitative estimate of drug-likeness (QED) is 0.622. The monoisotopic (exact) mass is 430 g/mol. The third-order valence-corrected chi connectivity index (χ3v) is 5.58. The number of carbonyl (C=O) groups is 2. The van der Waals surface area contributed by atoms with E-state index < -0.39 is 17.5 Å². The van der Waals surface area contributed by atoms with Crippen LogP contribution in [0.25, 0.3) is 11.5 Å². The maximum absolute atomic E-state index is 13.0. The zero-order valence-corrected chi connectivity index (χ0v) is 17.1. The van der Waals surface area contributed by atoms with Gasteiger partial charge < -0.3 is 9.84 Å². The van der Waals surface area contributed by atoms with Gasteiger partial charge in [-0.2, -0.15) is 4.98 Å². The molecule has 1 atom stereocenters. The summed E-state index contributed by atoms with van der Waals surface area (Å²) in [5, 5.41) is 7.26. The topological polar surface area (TPSA) is 88.3 Å². The minimum atomic E-state index is -1.27. The molecule has 148 valence electrons. The molecule has 9 heteroatoms. The van der Waals surface area contributed by atoms with Crippen LogP contribution in [0.5, 0.6) is 0 Å². The molecule has 1 fully saturated rings. The van der Waals surface area contributed by atoms with E-state index in [1.54, 1.807) is 25.1 Å². The molecule has 1 aliphatic rings. The second kappa shape index (κ2) is 7.17. The summed E-state index contributed by atoms with van der Waals surface area (Å²) in [6.45, 7) is 3.48. The molecular weight excluding hydrogens is 415 g/mol. The molecule has 0 radical (unpaired) electrons. The van der Waals surface area contributed by atoms with E-state index >= 15 is 0 Å². The molecule has 1 unspecified atom stereocenters. The average Bonchev–Trinajstić information content (AvgIpc) is 3.24. The molecule has 3 amide bonds. The van der Waals surface area contributed by atoms with Crippen molar-refractivity contribution in [3.05, 3.63) is 69.5 Å². The normalized spacial score (nSPS) is 19.0. The number of rotatable bonds is 4. The van der Waals surface area contributed by atoms with E-state index in [2.05, 4.69) is 15.5 Å². The van der Waals surface area contributed by atoms with Gasteiger partial charge in [0, 0.05) is 5.56 Å². The van der Waals surface area contributed by atoms with Crippen molar-refractivity contribution in [3.63, 3.8) is 0 Å².